The fraction of sp³-hybridized carbons (Fsp3) is 0.467. The molecule has 2 rings (SSSR count). The molecule has 1 saturated carbocycles. The zero-order valence-electron chi connectivity index (χ0n) is 11.1. The molecule has 1 aromatic rings. The molecule has 108 valence electrons. The third-order valence-corrected chi connectivity index (χ3v) is 3.85. The highest BCUT2D eigenvalue weighted by molar-refractivity contribution is 5.78. The highest BCUT2D eigenvalue weighted by Crippen LogP contribution is 2.31. The normalized spacial score (nSPS) is 21.6. The van der Waals surface area contributed by atoms with Crippen molar-refractivity contribution in [3.8, 4) is 0 Å². The van der Waals surface area contributed by atoms with Gasteiger partial charge in [0.2, 0.25) is 5.91 Å². The maximum absolute atomic E-state index is 13.4. The lowest BCUT2D eigenvalue weighted by atomic mass is 9.96. The van der Waals surface area contributed by atoms with Gasteiger partial charge in [-0.15, -0.1) is 0 Å². The van der Waals surface area contributed by atoms with Gasteiger partial charge >= 0.3 is 5.97 Å². The van der Waals surface area contributed by atoms with E-state index in [0.717, 1.165) is 12.8 Å². The zero-order valence-corrected chi connectivity index (χ0v) is 11.1. The quantitative estimate of drug-likeness (QED) is 0.866. The monoisotopic (exact) mass is 279 g/mol. The molecule has 2 unspecified atom stereocenters. The largest absolute Gasteiger partial charge is 0.481 e. The summed E-state index contributed by atoms with van der Waals surface area (Å²) in [6.45, 7) is 0.351. The molecule has 1 fully saturated rings. The number of aliphatic carboxylic acids is 1. The number of carboxylic acids is 1. The fourth-order valence-corrected chi connectivity index (χ4v) is 2.73. The van der Waals surface area contributed by atoms with Crippen molar-refractivity contribution in [2.75, 3.05) is 6.54 Å². The number of benzene rings is 1. The predicted octanol–water partition coefficient (Wildman–Crippen LogP) is 1.99. The highest BCUT2D eigenvalue weighted by atomic mass is 19.1. The third-order valence-electron chi connectivity index (χ3n) is 3.85. The SMILES string of the molecule is O=C(Cc1ccccc1F)NCC1CCCC1C(=O)O. The first kappa shape index (κ1) is 14.5. The lowest BCUT2D eigenvalue weighted by Gasteiger charge is -2.16. The number of amides is 1. The summed E-state index contributed by atoms with van der Waals surface area (Å²) in [4.78, 5) is 22.8. The summed E-state index contributed by atoms with van der Waals surface area (Å²) in [5.74, 6) is -1.85. The average Bonchev–Trinajstić information content (AvgIpc) is 2.88. The van der Waals surface area contributed by atoms with Gasteiger partial charge in [0.15, 0.2) is 0 Å². The van der Waals surface area contributed by atoms with Crippen molar-refractivity contribution in [3.63, 3.8) is 0 Å². The van der Waals surface area contributed by atoms with Gasteiger partial charge in [0, 0.05) is 6.54 Å². The Bertz CT molecular complexity index is 504. The molecule has 2 N–H and O–H groups in total. The summed E-state index contributed by atoms with van der Waals surface area (Å²) in [6, 6.07) is 6.15. The smallest absolute Gasteiger partial charge is 0.306 e. The molecule has 1 aromatic carbocycles. The topological polar surface area (TPSA) is 66.4 Å². The van der Waals surface area contributed by atoms with Gasteiger partial charge in [-0.05, 0) is 30.4 Å². The zero-order chi connectivity index (χ0) is 14.5. The molecule has 4 nitrogen and oxygen atoms in total. The molecule has 0 saturated heterocycles. The van der Waals surface area contributed by atoms with Crippen LogP contribution >= 0.6 is 0 Å². The Morgan fingerprint density at radius 3 is 2.75 bits per heavy atom. The van der Waals surface area contributed by atoms with Gasteiger partial charge in [-0.1, -0.05) is 24.6 Å². The van der Waals surface area contributed by atoms with Crippen molar-refractivity contribution in [2.24, 2.45) is 11.8 Å². The lowest BCUT2D eigenvalue weighted by Crippen LogP contribution is -2.34. The maximum atomic E-state index is 13.4. The summed E-state index contributed by atoms with van der Waals surface area (Å²) < 4.78 is 13.4. The van der Waals surface area contributed by atoms with Crippen molar-refractivity contribution in [2.45, 2.75) is 25.7 Å². The van der Waals surface area contributed by atoms with Crippen molar-refractivity contribution in [1.29, 1.82) is 0 Å². The summed E-state index contributed by atoms with van der Waals surface area (Å²) in [6.07, 6.45) is 2.35. The molecule has 5 heteroatoms. The third kappa shape index (κ3) is 3.56. The second-order valence-corrected chi connectivity index (χ2v) is 5.21. The van der Waals surface area contributed by atoms with Crippen molar-refractivity contribution >= 4 is 11.9 Å². The maximum Gasteiger partial charge on any atom is 0.306 e. The summed E-state index contributed by atoms with van der Waals surface area (Å²) in [5.41, 5.74) is 0.353. The molecular weight excluding hydrogens is 261 g/mol. The second-order valence-electron chi connectivity index (χ2n) is 5.21. The van der Waals surface area contributed by atoms with Crippen LogP contribution in [0.5, 0.6) is 0 Å². The Balaban J connectivity index is 1.84. The van der Waals surface area contributed by atoms with Crippen LogP contribution in [0.2, 0.25) is 0 Å². The number of carbonyl (C=O) groups is 2. The van der Waals surface area contributed by atoms with Crippen LogP contribution in [-0.4, -0.2) is 23.5 Å². The minimum atomic E-state index is -0.796. The average molecular weight is 279 g/mol. The fourth-order valence-electron chi connectivity index (χ4n) is 2.73. The van der Waals surface area contributed by atoms with Gasteiger partial charge < -0.3 is 10.4 Å². The Morgan fingerprint density at radius 2 is 2.05 bits per heavy atom. The number of nitrogens with one attached hydrogen (secondary N) is 1. The first-order valence-electron chi connectivity index (χ1n) is 6.81. The minimum Gasteiger partial charge on any atom is -0.481 e. The first-order chi connectivity index (χ1) is 9.58. The number of hydrogen-bond acceptors (Lipinski definition) is 2. The molecule has 1 aliphatic rings. The van der Waals surface area contributed by atoms with Gasteiger partial charge in [0.05, 0.1) is 12.3 Å². The van der Waals surface area contributed by atoms with Gasteiger partial charge in [-0.3, -0.25) is 9.59 Å². The van der Waals surface area contributed by atoms with Crippen molar-refractivity contribution < 1.29 is 19.1 Å². The number of rotatable bonds is 5. The summed E-state index contributed by atoms with van der Waals surface area (Å²) in [5, 5.41) is 11.8. The minimum absolute atomic E-state index is 0.0166. The number of carboxylic acid groups (broad SMARTS) is 1. The van der Waals surface area contributed by atoms with Crippen molar-refractivity contribution in [1.82, 2.24) is 5.32 Å². The molecule has 1 aliphatic carbocycles. The lowest BCUT2D eigenvalue weighted by molar-refractivity contribution is -0.143. The predicted molar refractivity (Wildman–Crippen MR) is 71.6 cm³/mol. The van der Waals surface area contributed by atoms with Crippen LogP contribution in [0.4, 0.5) is 4.39 Å². The van der Waals surface area contributed by atoms with Crippen LogP contribution < -0.4 is 5.32 Å². The van der Waals surface area contributed by atoms with E-state index in [0.29, 0.717) is 18.5 Å². The van der Waals surface area contributed by atoms with Crippen LogP contribution in [0.3, 0.4) is 0 Å². The van der Waals surface area contributed by atoms with Crippen molar-refractivity contribution in [3.05, 3.63) is 35.6 Å². The number of hydrogen-bond donors (Lipinski definition) is 2. The van der Waals surface area contributed by atoms with Gasteiger partial charge in [0.1, 0.15) is 5.82 Å². The molecular formula is C15H18FNO3. The van der Waals surface area contributed by atoms with E-state index in [1.54, 1.807) is 18.2 Å². The van der Waals surface area contributed by atoms with E-state index in [2.05, 4.69) is 5.32 Å². The van der Waals surface area contributed by atoms with E-state index < -0.39 is 11.8 Å². The first-order valence-corrected chi connectivity index (χ1v) is 6.81. The highest BCUT2D eigenvalue weighted by Gasteiger charge is 2.32. The van der Waals surface area contributed by atoms with Gasteiger partial charge in [-0.25, -0.2) is 4.39 Å². The molecule has 0 spiro atoms. The Kier molecular flexibility index (Phi) is 4.71. The molecule has 0 heterocycles. The number of halogens is 1. The molecule has 2 atom stereocenters. The van der Waals surface area contributed by atoms with E-state index in [1.807, 2.05) is 0 Å². The summed E-state index contributed by atoms with van der Waals surface area (Å²) in [7, 11) is 0. The molecule has 0 radical (unpaired) electrons. The standard InChI is InChI=1S/C15H18FNO3/c16-13-7-2-1-4-10(13)8-14(18)17-9-11-5-3-6-12(11)15(19)20/h1-2,4,7,11-12H,3,5-6,8-9H2,(H,17,18)(H,19,20). The van der Waals surface area contributed by atoms with E-state index in [4.69, 9.17) is 5.11 Å². The molecule has 0 aromatic heterocycles. The molecule has 0 aliphatic heterocycles. The van der Waals surface area contributed by atoms with E-state index in [9.17, 15) is 14.0 Å². The van der Waals surface area contributed by atoms with Crippen LogP contribution in [0.25, 0.3) is 0 Å². The van der Waals surface area contributed by atoms with Gasteiger partial charge in [0.25, 0.3) is 0 Å². The van der Waals surface area contributed by atoms with Gasteiger partial charge in [-0.2, -0.15) is 0 Å². The van der Waals surface area contributed by atoms with E-state index in [-0.39, 0.29) is 24.2 Å². The summed E-state index contributed by atoms with van der Waals surface area (Å²) >= 11 is 0. The molecule has 20 heavy (non-hydrogen) atoms. The molecule has 1 amide bonds. The Hall–Kier alpha value is -1.91. The van der Waals surface area contributed by atoms with Crippen LogP contribution in [-0.2, 0) is 16.0 Å². The van der Waals surface area contributed by atoms with E-state index in [1.165, 1.54) is 6.07 Å². The number of carbonyl (C=O) groups excluding carboxylic acids is 1. The van der Waals surface area contributed by atoms with E-state index >= 15 is 0 Å². The molecule has 0 bridgehead atoms. The van der Waals surface area contributed by atoms with Crippen LogP contribution in [0.15, 0.2) is 24.3 Å². The van der Waals surface area contributed by atoms with Crippen LogP contribution in [0, 0.1) is 17.7 Å². The Labute approximate surface area is 117 Å². The Morgan fingerprint density at radius 1 is 1.30 bits per heavy atom. The second kappa shape index (κ2) is 6.50. The van der Waals surface area contributed by atoms with Crippen LogP contribution in [0.1, 0.15) is 24.8 Å².